The third kappa shape index (κ3) is 9.42. The number of Topliss-reactive ketones (excluding diaryl/α,β-unsaturated/α-hetero) is 1. The van der Waals surface area contributed by atoms with Gasteiger partial charge in [-0.25, -0.2) is 0 Å². The van der Waals surface area contributed by atoms with E-state index in [0.29, 0.717) is 17.9 Å². The molecule has 3 aliphatic heterocycles. The topological polar surface area (TPSA) is 70.9 Å². The van der Waals surface area contributed by atoms with E-state index in [1.54, 1.807) is 12.3 Å². The molecule has 0 N–H and O–H groups in total. The van der Waals surface area contributed by atoms with Crippen molar-refractivity contribution in [1.29, 1.82) is 0 Å². The van der Waals surface area contributed by atoms with E-state index in [1.807, 2.05) is 36.4 Å². The third-order valence-electron chi connectivity index (χ3n) is 9.80. The number of fused-ring (bicyclic) bond motifs is 2. The van der Waals surface area contributed by atoms with Crippen LogP contribution in [0.15, 0.2) is 114 Å². The van der Waals surface area contributed by atoms with E-state index >= 15 is 0 Å². The summed E-state index contributed by atoms with van der Waals surface area (Å²) in [5.41, 5.74) is 4.19. The minimum Gasteiger partial charge on any atom is -0.493 e. The Hall–Kier alpha value is -4.99. The Kier molecular flexibility index (Phi) is 11.7. The second kappa shape index (κ2) is 17.3. The molecular weight excluding hydrogens is 640 g/mol. The molecule has 4 aromatic carbocycles. The van der Waals surface area contributed by atoms with E-state index in [-0.39, 0.29) is 12.4 Å². The van der Waals surface area contributed by atoms with Crippen LogP contribution in [0.5, 0.6) is 17.2 Å². The molecule has 0 radical (unpaired) electrons. The maximum absolute atomic E-state index is 11.6. The highest BCUT2D eigenvalue weighted by atomic mass is 16.5. The second-order valence-electron chi connectivity index (χ2n) is 13.2. The van der Waals surface area contributed by atoms with Crippen LogP contribution in [-0.4, -0.2) is 101 Å². The van der Waals surface area contributed by atoms with Crippen molar-refractivity contribution in [2.45, 2.75) is 12.8 Å². The highest BCUT2D eigenvalue weighted by Crippen LogP contribution is 2.29. The van der Waals surface area contributed by atoms with Gasteiger partial charge >= 0.3 is 0 Å². The first-order chi connectivity index (χ1) is 25.2. The number of anilines is 2. The number of ketones is 1. The normalized spacial score (nSPS) is 16.4. The summed E-state index contributed by atoms with van der Waals surface area (Å²) in [5, 5.41) is 1.11. The number of nitrogens with zero attached hydrogens (tertiary/aromatic N) is 4. The van der Waals surface area contributed by atoms with Crippen LogP contribution in [0.4, 0.5) is 11.4 Å². The molecule has 0 amide bonds. The average molecular weight is 689 g/mol. The SMILES string of the molecule is O=C1COc2cc(OCCCN3CCN(c4ccccc4)CC3)ccc21.c1ccc(N2CCN(CCCOc3ccc4ccoc4c3)CC2)cc1. The first-order valence-corrected chi connectivity index (χ1v) is 18.3. The van der Waals surface area contributed by atoms with Crippen LogP contribution in [0.25, 0.3) is 11.0 Å². The fourth-order valence-corrected chi connectivity index (χ4v) is 6.88. The monoisotopic (exact) mass is 688 g/mol. The molecule has 0 spiro atoms. The summed E-state index contributed by atoms with van der Waals surface area (Å²) in [6, 6.07) is 34.7. The lowest BCUT2D eigenvalue weighted by Crippen LogP contribution is -2.46. The summed E-state index contributed by atoms with van der Waals surface area (Å²) in [5.74, 6) is 2.34. The smallest absolute Gasteiger partial charge is 0.203 e. The number of carbonyl (C=O) groups excluding carboxylic acids is 1. The summed E-state index contributed by atoms with van der Waals surface area (Å²) in [6.07, 6.45) is 3.74. The zero-order chi connectivity index (χ0) is 34.7. The Balaban J connectivity index is 0.000000159. The van der Waals surface area contributed by atoms with Crippen molar-refractivity contribution < 1.29 is 23.4 Å². The molecule has 3 aliphatic rings. The molecule has 1 aromatic heterocycles. The van der Waals surface area contributed by atoms with Crippen molar-refractivity contribution in [3.8, 4) is 17.2 Å². The zero-order valence-electron chi connectivity index (χ0n) is 29.3. The molecule has 2 saturated heterocycles. The number of rotatable bonds is 12. The van der Waals surface area contributed by atoms with Crippen LogP contribution in [0, 0.1) is 0 Å². The summed E-state index contributed by atoms with van der Waals surface area (Å²) in [7, 11) is 0. The minimum atomic E-state index is 0.0428. The Bertz CT molecular complexity index is 1820. The van der Waals surface area contributed by atoms with Gasteiger partial charge in [-0.1, -0.05) is 36.4 Å². The largest absolute Gasteiger partial charge is 0.493 e. The second-order valence-corrected chi connectivity index (χ2v) is 13.2. The third-order valence-corrected chi connectivity index (χ3v) is 9.80. The van der Waals surface area contributed by atoms with Crippen LogP contribution >= 0.6 is 0 Å². The molecule has 0 saturated carbocycles. The van der Waals surface area contributed by atoms with E-state index in [9.17, 15) is 4.79 Å². The number of para-hydroxylation sites is 2. The summed E-state index contributed by atoms with van der Waals surface area (Å²) < 4.78 is 22.5. The number of hydrogen-bond donors (Lipinski definition) is 0. The van der Waals surface area contributed by atoms with Gasteiger partial charge in [-0.05, 0) is 67.4 Å². The van der Waals surface area contributed by atoms with Crippen molar-refractivity contribution in [2.75, 3.05) is 95.1 Å². The molecule has 266 valence electrons. The van der Waals surface area contributed by atoms with Gasteiger partial charge in [0, 0.05) is 94.3 Å². The van der Waals surface area contributed by atoms with Gasteiger partial charge in [0.25, 0.3) is 0 Å². The number of benzene rings is 4. The zero-order valence-corrected chi connectivity index (χ0v) is 29.3. The van der Waals surface area contributed by atoms with Crippen LogP contribution in [-0.2, 0) is 0 Å². The Morgan fingerprint density at radius 1 is 0.588 bits per heavy atom. The molecule has 2 fully saturated rings. The molecule has 5 aromatic rings. The predicted octanol–water partition coefficient (Wildman–Crippen LogP) is 6.88. The summed E-state index contributed by atoms with van der Waals surface area (Å²) >= 11 is 0. The van der Waals surface area contributed by atoms with Crippen molar-refractivity contribution in [3.63, 3.8) is 0 Å². The van der Waals surface area contributed by atoms with Gasteiger partial charge in [-0.3, -0.25) is 14.6 Å². The van der Waals surface area contributed by atoms with Crippen LogP contribution in [0.2, 0.25) is 0 Å². The predicted molar refractivity (Wildman–Crippen MR) is 203 cm³/mol. The molecule has 51 heavy (non-hydrogen) atoms. The fraction of sp³-hybridized carbons (Fsp3) is 0.357. The molecule has 4 heterocycles. The first-order valence-electron chi connectivity index (χ1n) is 18.3. The number of piperazine rings is 2. The van der Waals surface area contributed by atoms with Gasteiger partial charge < -0.3 is 28.4 Å². The highest BCUT2D eigenvalue weighted by molar-refractivity contribution is 6.02. The van der Waals surface area contributed by atoms with Crippen molar-refractivity contribution in [1.82, 2.24) is 9.80 Å². The van der Waals surface area contributed by atoms with Crippen molar-refractivity contribution >= 4 is 28.1 Å². The standard InChI is InChI=1S/C21H24N2O3.C21H24N2O2/c24-20-16-26-21-15-18(7-8-19(20)21)25-14-4-9-22-10-12-23(13-11-22)17-5-2-1-3-6-17;1-2-5-19(6-3-1)23-13-11-22(12-14-23)10-4-15-24-20-8-7-18-9-16-25-21(18)17-20/h1-3,5-8,15H,4,9-14,16H2;1-3,5-9,16-17H,4,10-15H2. The van der Waals surface area contributed by atoms with Gasteiger partial charge in [0.2, 0.25) is 5.78 Å². The van der Waals surface area contributed by atoms with Gasteiger partial charge in [0.15, 0.2) is 6.61 Å². The van der Waals surface area contributed by atoms with Crippen LogP contribution < -0.4 is 24.0 Å². The van der Waals surface area contributed by atoms with Gasteiger partial charge in [0.05, 0.1) is 25.0 Å². The van der Waals surface area contributed by atoms with Crippen LogP contribution in [0.3, 0.4) is 0 Å². The lowest BCUT2D eigenvalue weighted by atomic mass is 10.1. The quantitative estimate of drug-likeness (QED) is 0.131. The number of ether oxygens (including phenoxy) is 3. The fourth-order valence-electron chi connectivity index (χ4n) is 6.88. The Morgan fingerprint density at radius 2 is 1.14 bits per heavy atom. The Labute approximate surface area is 300 Å². The lowest BCUT2D eigenvalue weighted by molar-refractivity contribution is 0.0961. The van der Waals surface area contributed by atoms with E-state index < -0.39 is 0 Å². The maximum atomic E-state index is 11.6. The molecular formula is C42H48N4O5. The molecule has 8 rings (SSSR count). The van der Waals surface area contributed by atoms with E-state index in [0.717, 1.165) is 107 Å². The summed E-state index contributed by atoms with van der Waals surface area (Å²) in [4.78, 5) is 21.5. The molecule has 9 heteroatoms. The molecule has 9 nitrogen and oxygen atoms in total. The summed E-state index contributed by atoms with van der Waals surface area (Å²) in [6.45, 7) is 12.4. The molecule has 0 bridgehead atoms. The van der Waals surface area contributed by atoms with E-state index in [4.69, 9.17) is 18.6 Å². The van der Waals surface area contributed by atoms with Crippen LogP contribution in [0.1, 0.15) is 23.2 Å². The maximum Gasteiger partial charge on any atom is 0.203 e. The number of carbonyl (C=O) groups is 1. The van der Waals surface area contributed by atoms with E-state index in [2.05, 4.69) is 80.3 Å². The lowest BCUT2D eigenvalue weighted by Gasteiger charge is -2.36. The molecule has 0 atom stereocenters. The number of furan rings is 1. The number of hydrogen-bond acceptors (Lipinski definition) is 9. The van der Waals surface area contributed by atoms with E-state index in [1.165, 1.54) is 11.4 Å². The van der Waals surface area contributed by atoms with Gasteiger partial charge in [-0.2, -0.15) is 0 Å². The molecule has 0 unspecified atom stereocenters. The average Bonchev–Trinajstić information content (AvgIpc) is 3.82. The van der Waals surface area contributed by atoms with Gasteiger partial charge in [0.1, 0.15) is 22.8 Å². The van der Waals surface area contributed by atoms with Crippen molar-refractivity contribution in [2.24, 2.45) is 0 Å². The first kappa shape index (κ1) is 34.5. The molecule has 0 aliphatic carbocycles. The van der Waals surface area contributed by atoms with Crippen molar-refractivity contribution in [3.05, 3.63) is 115 Å². The Morgan fingerprint density at radius 3 is 1.73 bits per heavy atom. The minimum absolute atomic E-state index is 0.0428. The highest BCUT2D eigenvalue weighted by Gasteiger charge is 2.22. The van der Waals surface area contributed by atoms with Gasteiger partial charge in [-0.15, -0.1) is 0 Å².